The Morgan fingerprint density at radius 2 is 2.52 bits per heavy atom. The average Bonchev–Trinajstić information content (AvgIpc) is 3.13. The van der Waals surface area contributed by atoms with E-state index in [0.29, 0.717) is 23.8 Å². The third kappa shape index (κ3) is 2.97. The molecule has 0 radical (unpaired) electrons. The molecule has 0 saturated carbocycles. The highest BCUT2D eigenvalue weighted by atomic mass is 32.2. The van der Waals surface area contributed by atoms with Gasteiger partial charge in [0.1, 0.15) is 6.04 Å². The molecular weight excluding hydrogens is 288 g/mol. The Kier molecular flexibility index (Phi) is 4.28. The van der Waals surface area contributed by atoms with Crippen LogP contribution < -0.4 is 10.2 Å². The zero-order chi connectivity index (χ0) is 14.7. The molecule has 1 N–H and O–H groups in total. The molecule has 0 aromatic carbocycles. The van der Waals surface area contributed by atoms with E-state index < -0.39 is 0 Å². The summed E-state index contributed by atoms with van der Waals surface area (Å²) in [4.78, 5) is 22.8. The molecule has 112 valence electrons. The van der Waals surface area contributed by atoms with Gasteiger partial charge in [0, 0.05) is 25.0 Å². The summed E-state index contributed by atoms with van der Waals surface area (Å²) in [5.74, 6) is 0.974. The van der Waals surface area contributed by atoms with E-state index in [1.54, 1.807) is 18.0 Å². The number of nitrogens with zero attached hydrogens (tertiary/aromatic N) is 3. The SMILES string of the molecule is CSCCNC(=O)C1CCCN1c1nc2ncccc2o1. The quantitative estimate of drug-likeness (QED) is 0.847. The Bertz CT molecular complexity index is 597. The zero-order valence-corrected chi connectivity index (χ0v) is 12.7. The molecule has 3 heterocycles. The molecule has 1 atom stereocenters. The van der Waals surface area contributed by atoms with Crippen molar-refractivity contribution in [2.24, 2.45) is 0 Å². The molecule has 0 aliphatic carbocycles. The number of thioether (sulfide) groups is 1. The molecule has 6 nitrogen and oxygen atoms in total. The minimum absolute atomic E-state index is 0.0526. The normalized spacial score (nSPS) is 18.3. The van der Waals surface area contributed by atoms with Crippen LogP contribution in [-0.2, 0) is 4.79 Å². The molecule has 2 aromatic heterocycles. The highest BCUT2D eigenvalue weighted by Crippen LogP contribution is 2.27. The predicted octanol–water partition coefficient (Wildman–Crippen LogP) is 1.67. The Morgan fingerprint density at radius 1 is 1.62 bits per heavy atom. The number of anilines is 1. The summed E-state index contributed by atoms with van der Waals surface area (Å²) in [5, 5.41) is 2.97. The van der Waals surface area contributed by atoms with E-state index in [4.69, 9.17) is 4.42 Å². The van der Waals surface area contributed by atoms with Gasteiger partial charge in [-0.1, -0.05) is 0 Å². The van der Waals surface area contributed by atoms with Crippen molar-refractivity contribution in [3.05, 3.63) is 18.3 Å². The summed E-state index contributed by atoms with van der Waals surface area (Å²) in [6, 6.07) is 3.95. The van der Waals surface area contributed by atoms with E-state index in [1.165, 1.54) is 0 Å². The first kappa shape index (κ1) is 14.2. The summed E-state index contributed by atoms with van der Waals surface area (Å²) >= 11 is 1.72. The molecule has 1 saturated heterocycles. The number of nitrogens with one attached hydrogen (secondary N) is 1. The standard InChI is InChI=1S/C14H18N4O2S/c1-21-9-7-16-13(19)10-4-3-8-18(10)14-17-12-11(20-14)5-2-6-15-12/h2,5-6,10H,3-4,7-9H2,1H3,(H,16,19). The number of carbonyl (C=O) groups is 1. The van der Waals surface area contributed by atoms with Crippen LogP contribution in [0.2, 0.25) is 0 Å². The van der Waals surface area contributed by atoms with Crippen LogP contribution >= 0.6 is 11.8 Å². The Morgan fingerprint density at radius 3 is 3.33 bits per heavy atom. The van der Waals surface area contributed by atoms with Crippen LogP contribution in [0.4, 0.5) is 6.01 Å². The van der Waals surface area contributed by atoms with Gasteiger partial charge in [0.05, 0.1) is 0 Å². The lowest BCUT2D eigenvalue weighted by Crippen LogP contribution is -2.44. The van der Waals surface area contributed by atoms with Gasteiger partial charge in [0.15, 0.2) is 5.58 Å². The third-order valence-corrected chi connectivity index (χ3v) is 4.17. The molecule has 21 heavy (non-hydrogen) atoms. The number of rotatable bonds is 5. The number of amides is 1. The van der Waals surface area contributed by atoms with Gasteiger partial charge in [-0.3, -0.25) is 4.79 Å². The molecule has 1 amide bonds. The van der Waals surface area contributed by atoms with Gasteiger partial charge in [-0.2, -0.15) is 16.7 Å². The Balaban J connectivity index is 1.75. The maximum atomic E-state index is 12.3. The van der Waals surface area contributed by atoms with Crippen molar-refractivity contribution >= 4 is 34.9 Å². The van der Waals surface area contributed by atoms with E-state index in [9.17, 15) is 4.79 Å². The van der Waals surface area contributed by atoms with Crippen LogP contribution in [0.15, 0.2) is 22.7 Å². The largest absolute Gasteiger partial charge is 0.422 e. The number of carbonyl (C=O) groups excluding carboxylic acids is 1. The Hall–Kier alpha value is -1.76. The first-order chi connectivity index (χ1) is 10.3. The van der Waals surface area contributed by atoms with E-state index in [1.807, 2.05) is 23.3 Å². The van der Waals surface area contributed by atoms with Gasteiger partial charge < -0.3 is 14.6 Å². The van der Waals surface area contributed by atoms with Gasteiger partial charge in [-0.15, -0.1) is 0 Å². The number of oxazole rings is 1. The second-order valence-electron chi connectivity index (χ2n) is 4.96. The van der Waals surface area contributed by atoms with Gasteiger partial charge in [0.2, 0.25) is 11.6 Å². The molecule has 7 heteroatoms. The smallest absolute Gasteiger partial charge is 0.300 e. The molecule has 1 unspecified atom stereocenters. The average molecular weight is 306 g/mol. The fourth-order valence-electron chi connectivity index (χ4n) is 2.54. The molecular formula is C14H18N4O2S. The highest BCUT2D eigenvalue weighted by molar-refractivity contribution is 7.98. The predicted molar refractivity (Wildman–Crippen MR) is 83.6 cm³/mol. The van der Waals surface area contributed by atoms with Gasteiger partial charge in [-0.05, 0) is 31.2 Å². The van der Waals surface area contributed by atoms with Gasteiger partial charge in [-0.25, -0.2) is 4.98 Å². The van der Waals surface area contributed by atoms with Crippen molar-refractivity contribution in [3.8, 4) is 0 Å². The number of pyridine rings is 1. The zero-order valence-electron chi connectivity index (χ0n) is 11.9. The fraction of sp³-hybridized carbons (Fsp3) is 0.500. The fourth-order valence-corrected chi connectivity index (χ4v) is 2.85. The van der Waals surface area contributed by atoms with Crippen LogP contribution in [0, 0.1) is 0 Å². The van der Waals surface area contributed by atoms with Crippen LogP contribution in [0.25, 0.3) is 11.2 Å². The summed E-state index contributed by atoms with van der Waals surface area (Å²) in [6.45, 7) is 1.48. The maximum absolute atomic E-state index is 12.3. The first-order valence-electron chi connectivity index (χ1n) is 7.04. The maximum Gasteiger partial charge on any atom is 0.300 e. The van der Waals surface area contributed by atoms with E-state index in [-0.39, 0.29) is 11.9 Å². The van der Waals surface area contributed by atoms with Crippen molar-refractivity contribution in [2.75, 3.05) is 30.0 Å². The molecule has 3 rings (SSSR count). The Labute approximate surface area is 127 Å². The lowest BCUT2D eigenvalue weighted by molar-refractivity contribution is -0.122. The summed E-state index contributed by atoms with van der Waals surface area (Å²) in [6.07, 6.45) is 5.51. The second-order valence-corrected chi connectivity index (χ2v) is 5.94. The highest BCUT2D eigenvalue weighted by Gasteiger charge is 2.33. The molecule has 2 aromatic rings. The number of hydrogen-bond donors (Lipinski definition) is 1. The second kappa shape index (κ2) is 6.34. The summed E-state index contributed by atoms with van der Waals surface area (Å²) < 4.78 is 5.73. The lowest BCUT2D eigenvalue weighted by atomic mass is 10.2. The van der Waals surface area contributed by atoms with Crippen molar-refractivity contribution in [2.45, 2.75) is 18.9 Å². The first-order valence-corrected chi connectivity index (χ1v) is 8.44. The third-order valence-electron chi connectivity index (χ3n) is 3.56. The van der Waals surface area contributed by atoms with Crippen LogP contribution in [0.1, 0.15) is 12.8 Å². The number of fused-ring (bicyclic) bond motifs is 1. The molecule has 1 aliphatic rings. The van der Waals surface area contributed by atoms with Gasteiger partial charge in [0.25, 0.3) is 0 Å². The molecule has 0 bridgehead atoms. The van der Waals surface area contributed by atoms with Gasteiger partial charge >= 0.3 is 6.01 Å². The van der Waals surface area contributed by atoms with E-state index in [2.05, 4.69) is 15.3 Å². The molecule has 1 fully saturated rings. The molecule has 0 spiro atoms. The van der Waals surface area contributed by atoms with Crippen molar-refractivity contribution in [1.29, 1.82) is 0 Å². The van der Waals surface area contributed by atoms with Crippen LogP contribution in [0.5, 0.6) is 0 Å². The van der Waals surface area contributed by atoms with Crippen LogP contribution in [-0.4, -0.2) is 47.0 Å². The van der Waals surface area contributed by atoms with Crippen molar-refractivity contribution < 1.29 is 9.21 Å². The van der Waals surface area contributed by atoms with E-state index >= 15 is 0 Å². The van der Waals surface area contributed by atoms with Crippen molar-refractivity contribution in [3.63, 3.8) is 0 Å². The van der Waals surface area contributed by atoms with Crippen molar-refractivity contribution in [1.82, 2.24) is 15.3 Å². The summed E-state index contributed by atoms with van der Waals surface area (Å²) in [5.41, 5.74) is 1.24. The van der Waals surface area contributed by atoms with Crippen LogP contribution in [0.3, 0.4) is 0 Å². The minimum Gasteiger partial charge on any atom is -0.422 e. The lowest BCUT2D eigenvalue weighted by Gasteiger charge is -2.21. The number of aromatic nitrogens is 2. The summed E-state index contributed by atoms with van der Waals surface area (Å²) in [7, 11) is 0. The molecule has 1 aliphatic heterocycles. The van der Waals surface area contributed by atoms with E-state index in [0.717, 1.165) is 25.1 Å². The monoisotopic (exact) mass is 306 g/mol. The topological polar surface area (TPSA) is 71.3 Å². The minimum atomic E-state index is -0.195. The number of hydrogen-bond acceptors (Lipinski definition) is 6.